The first-order chi connectivity index (χ1) is 8.54. The Morgan fingerprint density at radius 3 is 2.39 bits per heavy atom. The molecule has 2 N–H and O–H groups in total. The fraction of sp³-hybridized carbons (Fsp3) is 0.846. The molecule has 0 radical (unpaired) electrons. The van der Waals surface area contributed by atoms with Crippen LogP contribution in [0.4, 0.5) is 0 Å². The van der Waals surface area contributed by atoms with Crippen LogP contribution >= 0.6 is 0 Å². The number of hydrogen-bond acceptors (Lipinski definition) is 4. The molecule has 0 aliphatic carbocycles. The minimum absolute atomic E-state index is 0.0799. The molecule has 5 heteroatoms. The lowest BCUT2D eigenvalue weighted by Gasteiger charge is -2.43. The van der Waals surface area contributed by atoms with Gasteiger partial charge in [-0.15, -0.1) is 0 Å². The predicted molar refractivity (Wildman–Crippen MR) is 74.2 cm³/mol. The lowest BCUT2D eigenvalue weighted by molar-refractivity contribution is 0.0799. The van der Waals surface area contributed by atoms with Gasteiger partial charge in [-0.25, -0.2) is 9.67 Å². The summed E-state index contributed by atoms with van der Waals surface area (Å²) in [4.78, 5) is 6.76. The molecule has 0 spiro atoms. The molecule has 0 saturated carbocycles. The van der Waals surface area contributed by atoms with Crippen molar-refractivity contribution in [3.05, 3.63) is 12.2 Å². The molecule has 5 nitrogen and oxygen atoms in total. The summed E-state index contributed by atoms with van der Waals surface area (Å²) >= 11 is 0. The highest BCUT2D eigenvalue weighted by Gasteiger charge is 2.37. The van der Waals surface area contributed by atoms with Gasteiger partial charge in [0.1, 0.15) is 12.2 Å². The van der Waals surface area contributed by atoms with Crippen molar-refractivity contribution in [1.82, 2.24) is 19.7 Å². The molecule has 1 aromatic rings. The second-order valence-corrected chi connectivity index (χ2v) is 4.79. The zero-order chi connectivity index (χ0) is 13.8. The van der Waals surface area contributed by atoms with Crippen LogP contribution in [0.1, 0.15) is 52.9 Å². The molecule has 0 fully saturated rings. The maximum absolute atomic E-state index is 6.49. The number of aromatic nitrogens is 3. The summed E-state index contributed by atoms with van der Waals surface area (Å²) in [5.41, 5.74) is 6.41. The van der Waals surface area contributed by atoms with Crippen LogP contribution in [0.15, 0.2) is 6.33 Å². The number of likely N-dealkylation sites (N-methyl/N-ethyl adjacent to an activating group) is 1. The molecule has 1 rings (SSSR count). The van der Waals surface area contributed by atoms with Crippen LogP contribution in [-0.4, -0.2) is 38.3 Å². The van der Waals surface area contributed by atoms with E-state index in [-0.39, 0.29) is 11.6 Å². The average molecular weight is 253 g/mol. The van der Waals surface area contributed by atoms with E-state index in [0.29, 0.717) is 0 Å². The number of nitrogens with two attached hydrogens (primary N) is 1. The Hall–Kier alpha value is -0.940. The third-order valence-corrected chi connectivity index (χ3v) is 4.09. The molecule has 2 unspecified atom stereocenters. The third-order valence-electron chi connectivity index (χ3n) is 4.09. The molecule has 0 aromatic carbocycles. The Labute approximate surface area is 110 Å². The molecule has 18 heavy (non-hydrogen) atoms. The van der Waals surface area contributed by atoms with Gasteiger partial charge in [0.15, 0.2) is 0 Å². The summed E-state index contributed by atoms with van der Waals surface area (Å²) in [6.07, 6.45) is 2.59. The summed E-state index contributed by atoms with van der Waals surface area (Å²) in [5.74, 6) is 0.883. The smallest absolute Gasteiger partial charge is 0.145 e. The topological polar surface area (TPSA) is 60.0 Å². The molecule has 0 aliphatic rings. The van der Waals surface area contributed by atoms with Crippen LogP contribution in [0.25, 0.3) is 0 Å². The molecule has 2 atom stereocenters. The lowest BCUT2D eigenvalue weighted by Crippen LogP contribution is -2.53. The molecule has 1 heterocycles. The summed E-state index contributed by atoms with van der Waals surface area (Å²) in [5, 5.41) is 4.22. The van der Waals surface area contributed by atoms with E-state index < -0.39 is 0 Å². The van der Waals surface area contributed by atoms with Crippen LogP contribution < -0.4 is 5.73 Å². The van der Waals surface area contributed by atoms with E-state index in [0.717, 1.165) is 31.9 Å². The number of hydrogen-bond donors (Lipinski definition) is 1. The zero-order valence-electron chi connectivity index (χ0n) is 12.3. The average Bonchev–Trinajstić information content (AvgIpc) is 2.86. The third kappa shape index (κ3) is 2.57. The van der Waals surface area contributed by atoms with E-state index in [4.69, 9.17) is 5.73 Å². The predicted octanol–water partition coefficient (Wildman–Crippen LogP) is 1.81. The molecule has 0 aliphatic heterocycles. The summed E-state index contributed by atoms with van der Waals surface area (Å²) < 4.78 is 1.89. The molecular weight excluding hydrogens is 226 g/mol. The number of nitrogens with zero attached hydrogens (tertiary/aromatic N) is 4. The Morgan fingerprint density at radius 2 is 1.94 bits per heavy atom. The molecule has 0 bridgehead atoms. The molecule has 104 valence electrons. The first-order valence-electron chi connectivity index (χ1n) is 6.93. The van der Waals surface area contributed by atoms with Crippen molar-refractivity contribution < 1.29 is 0 Å². The van der Waals surface area contributed by atoms with Crippen molar-refractivity contribution in [3.63, 3.8) is 0 Å². The van der Waals surface area contributed by atoms with E-state index >= 15 is 0 Å². The van der Waals surface area contributed by atoms with Crippen molar-refractivity contribution in [1.29, 1.82) is 0 Å². The summed E-state index contributed by atoms with van der Waals surface area (Å²) in [6.45, 7) is 13.6. The van der Waals surface area contributed by atoms with Crippen LogP contribution in [0.3, 0.4) is 0 Å². The molecule has 0 saturated heterocycles. The monoisotopic (exact) mass is 253 g/mol. The quantitative estimate of drug-likeness (QED) is 0.805. The van der Waals surface area contributed by atoms with Crippen molar-refractivity contribution >= 4 is 0 Å². The van der Waals surface area contributed by atoms with Gasteiger partial charge in [0.25, 0.3) is 0 Å². The van der Waals surface area contributed by atoms with Crippen LogP contribution in [0.2, 0.25) is 0 Å². The van der Waals surface area contributed by atoms with Crippen molar-refractivity contribution in [2.75, 3.05) is 13.1 Å². The highest BCUT2D eigenvalue weighted by molar-refractivity contribution is 5.06. The summed E-state index contributed by atoms with van der Waals surface area (Å²) in [7, 11) is 0. The highest BCUT2D eigenvalue weighted by Crippen LogP contribution is 2.31. The maximum atomic E-state index is 6.49. The number of aryl methyl sites for hydroxylation is 1. The Bertz CT molecular complexity index is 358. The van der Waals surface area contributed by atoms with E-state index in [2.05, 4.69) is 49.6 Å². The van der Waals surface area contributed by atoms with Gasteiger partial charge >= 0.3 is 0 Å². The van der Waals surface area contributed by atoms with E-state index in [9.17, 15) is 0 Å². The fourth-order valence-electron chi connectivity index (χ4n) is 2.62. The van der Waals surface area contributed by atoms with E-state index in [1.807, 2.05) is 4.68 Å². The molecular formula is C13H27N5. The van der Waals surface area contributed by atoms with Gasteiger partial charge in [0.05, 0.1) is 6.04 Å². The molecule has 0 amide bonds. The number of rotatable bonds is 7. The van der Waals surface area contributed by atoms with Crippen LogP contribution in [0.5, 0.6) is 0 Å². The first kappa shape index (κ1) is 15.1. The van der Waals surface area contributed by atoms with Gasteiger partial charge in [0.2, 0.25) is 0 Å². The van der Waals surface area contributed by atoms with Crippen LogP contribution in [-0.2, 0) is 6.54 Å². The Morgan fingerprint density at radius 1 is 1.33 bits per heavy atom. The van der Waals surface area contributed by atoms with Crippen LogP contribution in [0, 0.1) is 0 Å². The van der Waals surface area contributed by atoms with Gasteiger partial charge in [-0.3, -0.25) is 4.90 Å². The minimum Gasteiger partial charge on any atom is -0.320 e. The fourth-order valence-corrected chi connectivity index (χ4v) is 2.62. The maximum Gasteiger partial charge on any atom is 0.145 e. The van der Waals surface area contributed by atoms with Gasteiger partial charge in [0, 0.05) is 12.1 Å². The lowest BCUT2D eigenvalue weighted by atomic mass is 9.87. The highest BCUT2D eigenvalue weighted by atomic mass is 15.3. The standard InChI is InChI=1S/C13H27N5/c1-6-13(5,17(7-2)8-3)11(14)12-15-10-16-18(12)9-4/h10-11H,6-9,14H2,1-5H3. The van der Waals surface area contributed by atoms with Crippen molar-refractivity contribution in [3.8, 4) is 0 Å². The zero-order valence-corrected chi connectivity index (χ0v) is 12.3. The van der Waals surface area contributed by atoms with Gasteiger partial charge in [-0.2, -0.15) is 5.10 Å². The largest absolute Gasteiger partial charge is 0.320 e. The van der Waals surface area contributed by atoms with E-state index in [1.165, 1.54) is 0 Å². The van der Waals surface area contributed by atoms with E-state index in [1.54, 1.807) is 6.33 Å². The first-order valence-corrected chi connectivity index (χ1v) is 6.93. The second-order valence-electron chi connectivity index (χ2n) is 4.79. The minimum atomic E-state index is -0.121. The van der Waals surface area contributed by atoms with Gasteiger partial charge < -0.3 is 5.73 Å². The van der Waals surface area contributed by atoms with Gasteiger partial charge in [-0.05, 0) is 33.4 Å². The van der Waals surface area contributed by atoms with Crippen molar-refractivity contribution in [2.45, 2.75) is 59.2 Å². The SMILES string of the molecule is CCN(CC)C(C)(CC)C(N)c1ncnn1CC. The Kier molecular flexibility index (Phi) is 5.28. The summed E-state index contributed by atoms with van der Waals surface area (Å²) in [6, 6.07) is -0.121. The Balaban J connectivity index is 3.08. The molecule has 1 aromatic heterocycles. The second kappa shape index (κ2) is 6.29. The van der Waals surface area contributed by atoms with Gasteiger partial charge in [-0.1, -0.05) is 20.8 Å². The normalized spacial score (nSPS) is 16.8. The van der Waals surface area contributed by atoms with Crippen molar-refractivity contribution in [2.24, 2.45) is 5.73 Å².